The minimum Gasteiger partial charge on any atom is -0.347 e. The van der Waals surface area contributed by atoms with Gasteiger partial charge in [-0.05, 0) is 22.6 Å². The Morgan fingerprint density at radius 3 is 2.67 bits per heavy atom. The summed E-state index contributed by atoms with van der Waals surface area (Å²) in [5.74, 6) is 0.692. The van der Waals surface area contributed by atoms with Crippen LogP contribution in [-0.2, 0) is 11.3 Å². The van der Waals surface area contributed by atoms with Crippen LogP contribution in [0.15, 0.2) is 47.8 Å². The van der Waals surface area contributed by atoms with Crippen LogP contribution in [-0.4, -0.2) is 26.1 Å². The normalized spacial score (nSPS) is 12.3. The molecule has 0 radical (unpaired) electrons. The Kier molecular flexibility index (Phi) is 5.00. The Labute approximate surface area is 144 Å². The average Bonchev–Trinajstić information content (AvgIpc) is 3.25. The highest BCUT2D eigenvalue weighted by Gasteiger charge is 2.20. The Hall–Kier alpha value is -2.54. The first kappa shape index (κ1) is 16.3. The van der Waals surface area contributed by atoms with Crippen molar-refractivity contribution in [2.45, 2.75) is 26.4 Å². The van der Waals surface area contributed by atoms with Crippen molar-refractivity contribution in [1.82, 2.24) is 25.5 Å². The summed E-state index contributed by atoms with van der Waals surface area (Å²) in [6.07, 6.45) is 0. The molecule has 1 N–H and O–H groups in total. The van der Waals surface area contributed by atoms with E-state index in [0.29, 0.717) is 11.7 Å². The minimum absolute atomic E-state index is 0.00499. The predicted octanol–water partition coefficient (Wildman–Crippen LogP) is 2.92. The molecule has 1 unspecified atom stereocenters. The lowest BCUT2D eigenvalue weighted by molar-refractivity contribution is -0.123. The van der Waals surface area contributed by atoms with Crippen LogP contribution in [0.2, 0.25) is 0 Å². The standard InChI is InChI=1S/C17H19N5OS/c1-12(2)16(14-9-6-10-24-14)18-15(23)11-22-20-17(19-21-22)13-7-4-3-5-8-13/h3-10,12,16H,11H2,1-2H3,(H,18,23). The highest BCUT2D eigenvalue weighted by molar-refractivity contribution is 7.10. The van der Waals surface area contributed by atoms with Crippen molar-refractivity contribution in [3.63, 3.8) is 0 Å². The molecule has 124 valence electrons. The van der Waals surface area contributed by atoms with E-state index < -0.39 is 0 Å². The van der Waals surface area contributed by atoms with Crippen LogP contribution in [0.5, 0.6) is 0 Å². The molecule has 1 amide bonds. The van der Waals surface area contributed by atoms with Gasteiger partial charge in [0, 0.05) is 10.4 Å². The second-order valence-electron chi connectivity index (χ2n) is 5.81. The van der Waals surface area contributed by atoms with Gasteiger partial charge in [0.25, 0.3) is 0 Å². The van der Waals surface area contributed by atoms with Gasteiger partial charge in [-0.15, -0.1) is 21.5 Å². The van der Waals surface area contributed by atoms with Crippen molar-refractivity contribution < 1.29 is 4.79 Å². The van der Waals surface area contributed by atoms with Gasteiger partial charge in [-0.25, -0.2) is 0 Å². The molecule has 3 aromatic rings. The first-order valence-corrected chi connectivity index (χ1v) is 8.67. The molecule has 0 spiro atoms. The highest BCUT2D eigenvalue weighted by Crippen LogP contribution is 2.25. The van der Waals surface area contributed by atoms with Crippen LogP contribution < -0.4 is 5.32 Å². The maximum Gasteiger partial charge on any atom is 0.244 e. The van der Waals surface area contributed by atoms with Crippen molar-refractivity contribution in [3.8, 4) is 11.4 Å². The fourth-order valence-electron chi connectivity index (χ4n) is 2.40. The van der Waals surface area contributed by atoms with Gasteiger partial charge in [0.15, 0.2) is 0 Å². The Balaban J connectivity index is 1.66. The third-order valence-corrected chi connectivity index (χ3v) is 4.56. The number of carbonyl (C=O) groups excluding carboxylic acids is 1. The average molecular weight is 341 g/mol. The van der Waals surface area contributed by atoms with Gasteiger partial charge >= 0.3 is 0 Å². The van der Waals surface area contributed by atoms with Gasteiger partial charge in [0.05, 0.1) is 6.04 Å². The highest BCUT2D eigenvalue weighted by atomic mass is 32.1. The molecule has 2 aromatic heterocycles. The molecule has 0 bridgehead atoms. The zero-order valence-electron chi connectivity index (χ0n) is 13.6. The lowest BCUT2D eigenvalue weighted by atomic mass is 10.0. The number of tetrazole rings is 1. The summed E-state index contributed by atoms with van der Waals surface area (Å²) >= 11 is 1.64. The number of hydrogen-bond acceptors (Lipinski definition) is 5. The molecule has 0 aliphatic carbocycles. The molecule has 7 heteroatoms. The number of hydrogen-bond donors (Lipinski definition) is 1. The third-order valence-electron chi connectivity index (χ3n) is 3.60. The van der Waals surface area contributed by atoms with Crippen LogP contribution in [0.3, 0.4) is 0 Å². The topological polar surface area (TPSA) is 72.7 Å². The summed E-state index contributed by atoms with van der Waals surface area (Å²) < 4.78 is 0. The third kappa shape index (κ3) is 3.86. The van der Waals surface area contributed by atoms with Gasteiger partial charge in [-0.2, -0.15) is 4.80 Å². The van der Waals surface area contributed by atoms with Crippen molar-refractivity contribution in [2.24, 2.45) is 5.92 Å². The van der Waals surface area contributed by atoms with Gasteiger partial charge < -0.3 is 5.32 Å². The molecule has 1 aromatic carbocycles. The van der Waals surface area contributed by atoms with E-state index in [-0.39, 0.29) is 18.5 Å². The minimum atomic E-state index is -0.126. The molecular weight excluding hydrogens is 322 g/mol. The fourth-order valence-corrected chi connectivity index (χ4v) is 3.34. The molecule has 0 saturated heterocycles. The number of amides is 1. The number of carbonyl (C=O) groups is 1. The quantitative estimate of drug-likeness (QED) is 0.748. The van der Waals surface area contributed by atoms with E-state index in [9.17, 15) is 4.79 Å². The van der Waals surface area contributed by atoms with E-state index >= 15 is 0 Å². The van der Waals surface area contributed by atoms with E-state index in [2.05, 4.69) is 34.6 Å². The summed E-state index contributed by atoms with van der Waals surface area (Å²) in [5.41, 5.74) is 0.878. The van der Waals surface area contributed by atoms with Crippen LogP contribution in [0.25, 0.3) is 11.4 Å². The molecule has 0 saturated carbocycles. The van der Waals surface area contributed by atoms with Gasteiger partial charge in [0.2, 0.25) is 11.7 Å². The van der Waals surface area contributed by atoms with Gasteiger partial charge in [-0.1, -0.05) is 50.2 Å². The lowest BCUT2D eigenvalue weighted by Gasteiger charge is -2.21. The fraction of sp³-hybridized carbons (Fsp3) is 0.294. The number of thiophene rings is 1. The van der Waals surface area contributed by atoms with Crippen molar-refractivity contribution in [1.29, 1.82) is 0 Å². The largest absolute Gasteiger partial charge is 0.347 e. The van der Waals surface area contributed by atoms with E-state index in [1.807, 2.05) is 47.8 Å². The summed E-state index contributed by atoms with van der Waals surface area (Å²) in [5, 5.41) is 17.3. The summed E-state index contributed by atoms with van der Waals surface area (Å²) in [7, 11) is 0. The molecular formula is C17H19N5OS. The molecule has 2 heterocycles. The molecule has 0 aliphatic rings. The second kappa shape index (κ2) is 7.35. The zero-order valence-corrected chi connectivity index (χ0v) is 14.4. The SMILES string of the molecule is CC(C)C(NC(=O)Cn1nnc(-c2ccccc2)n1)c1cccs1. The first-order chi connectivity index (χ1) is 11.6. The van der Waals surface area contributed by atoms with E-state index in [1.165, 1.54) is 4.80 Å². The second-order valence-corrected chi connectivity index (χ2v) is 6.79. The molecule has 24 heavy (non-hydrogen) atoms. The lowest BCUT2D eigenvalue weighted by Crippen LogP contribution is -2.34. The first-order valence-electron chi connectivity index (χ1n) is 7.79. The van der Waals surface area contributed by atoms with Crippen molar-refractivity contribution in [2.75, 3.05) is 0 Å². The Morgan fingerprint density at radius 2 is 2.00 bits per heavy atom. The predicted molar refractivity (Wildman–Crippen MR) is 93.3 cm³/mol. The molecule has 0 fully saturated rings. The number of nitrogens with zero attached hydrogens (tertiary/aromatic N) is 4. The van der Waals surface area contributed by atoms with Crippen LogP contribution in [0.4, 0.5) is 0 Å². The van der Waals surface area contributed by atoms with Crippen LogP contribution in [0.1, 0.15) is 24.8 Å². The maximum absolute atomic E-state index is 12.3. The summed E-state index contributed by atoms with van der Waals surface area (Å²) in [6.45, 7) is 4.23. The van der Waals surface area contributed by atoms with E-state index in [4.69, 9.17) is 0 Å². The summed E-state index contributed by atoms with van der Waals surface area (Å²) in [4.78, 5) is 14.8. The molecule has 3 rings (SSSR count). The monoisotopic (exact) mass is 341 g/mol. The van der Waals surface area contributed by atoms with E-state index in [1.54, 1.807) is 11.3 Å². The number of aromatic nitrogens is 4. The summed E-state index contributed by atoms with van der Waals surface area (Å²) in [6, 6.07) is 13.6. The van der Waals surface area contributed by atoms with Crippen molar-refractivity contribution in [3.05, 3.63) is 52.7 Å². The molecule has 0 aliphatic heterocycles. The number of benzene rings is 1. The van der Waals surface area contributed by atoms with E-state index in [0.717, 1.165) is 10.4 Å². The maximum atomic E-state index is 12.3. The van der Waals surface area contributed by atoms with Crippen LogP contribution >= 0.6 is 11.3 Å². The van der Waals surface area contributed by atoms with Crippen molar-refractivity contribution >= 4 is 17.2 Å². The van der Waals surface area contributed by atoms with Crippen LogP contribution in [0, 0.1) is 5.92 Å². The molecule has 1 atom stereocenters. The number of rotatable bonds is 6. The van der Waals surface area contributed by atoms with Gasteiger partial charge in [0.1, 0.15) is 6.54 Å². The smallest absolute Gasteiger partial charge is 0.244 e. The number of nitrogens with one attached hydrogen (secondary N) is 1. The Morgan fingerprint density at radius 1 is 1.21 bits per heavy atom. The van der Waals surface area contributed by atoms with Gasteiger partial charge in [-0.3, -0.25) is 4.79 Å². The Bertz CT molecular complexity index is 782. The molecule has 6 nitrogen and oxygen atoms in total. The zero-order chi connectivity index (χ0) is 16.9.